The van der Waals surface area contributed by atoms with Crippen molar-refractivity contribution in [1.82, 2.24) is 15.2 Å². The average Bonchev–Trinajstić information content (AvgIpc) is 2.75. The van der Waals surface area contributed by atoms with Crippen LogP contribution in [0.1, 0.15) is 52.0 Å². The van der Waals surface area contributed by atoms with Crippen molar-refractivity contribution in [1.29, 1.82) is 0 Å². The van der Waals surface area contributed by atoms with E-state index in [2.05, 4.69) is 34.6 Å². The minimum Gasteiger partial charge on any atom is -0.353 e. The zero-order valence-electron chi connectivity index (χ0n) is 18.4. The van der Waals surface area contributed by atoms with Crippen LogP contribution in [0.3, 0.4) is 0 Å². The number of aromatic nitrogens is 1. The van der Waals surface area contributed by atoms with Gasteiger partial charge in [0, 0.05) is 37.9 Å². The van der Waals surface area contributed by atoms with Crippen LogP contribution in [0.25, 0.3) is 11.1 Å². The van der Waals surface area contributed by atoms with E-state index >= 15 is 0 Å². The largest absolute Gasteiger partial charge is 0.353 e. The van der Waals surface area contributed by atoms with Gasteiger partial charge in [0.05, 0.1) is 5.41 Å². The number of rotatable bonds is 7. The molecule has 5 nitrogen and oxygen atoms in total. The van der Waals surface area contributed by atoms with Gasteiger partial charge in [0.25, 0.3) is 0 Å². The van der Waals surface area contributed by atoms with Gasteiger partial charge in [-0.1, -0.05) is 37.3 Å². The third-order valence-electron chi connectivity index (χ3n) is 5.93. The molecular weight excluding hydrogens is 374 g/mol. The fraction of sp³-hybridized carbons (Fsp3) is 0.480. The number of benzene rings is 1. The van der Waals surface area contributed by atoms with Gasteiger partial charge in [-0.3, -0.25) is 14.6 Å². The van der Waals surface area contributed by atoms with Crippen LogP contribution in [0.4, 0.5) is 0 Å². The van der Waals surface area contributed by atoms with Gasteiger partial charge in [0.1, 0.15) is 0 Å². The van der Waals surface area contributed by atoms with E-state index in [-0.39, 0.29) is 17.9 Å². The number of carbonyl (C=O) groups is 2. The first-order valence-corrected chi connectivity index (χ1v) is 11.0. The first-order valence-electron chi connectivity index (χ1n) is 11.0. The Morgan fingerprint density at radius 3 is 2.37 bits per heavy atom. The molecule has 3 rings (SSSR count). The highest BCUT2D eigenvalue weighted by atomic mass is 16.2. The van der Waals surface area contributed by atoms with Gasteiger partial charge >= 0.3 is 0 Å². The summed E-state index contributed by atoms with van der Waals surface area (Å²) in [6, 6.07) is 12.5. The van der Waals surface area contributed by atoms with Crippen molar-refractivity contribution >= 4 is 11.8 Å². The summed E-state index contributed by atoms with van der Waals surface area (Å²) >= 11 is 0. The Morgan fingerprint density at radius 2 is 1.80 bits per heavy atom. The second-order valence-corrected chi connectivity index (χ2v) is 8.65. The van der Waals surface area contributed by atoms with Gasteiger partial charge < -0.3 is 10.2 Å². The normalized spacial score (nSPS) is 15.8. The van der Waals surface area contributed by atoms with Crippen molar-refractivity contribution in [2.24, 2.45) is 5.41 Å². The van der Waals surface area contributed by atoms with Gasteiger partial charge in [-0.15, -0.1) is 0 Å². The van der Waals surface area contributed by atoms with Gasteiger partial charge in [0.2, 0.25) is 11.8 Å². The molecule has 2 heterocycles. The standard InChI is InChI=1S/C25H33N3O2/c1-4-6-23(29)28-15-12-25(13-16-28,24(30)27-19(2)3)17-20-8-10-21(11-9-20)22-7-5-14-26-18-22/h5,7-11,14,18-19H,4,6,12-13,15-17H2,1-3H3,(H,27,30). The number of hydrogen-bond acceptors (Lipinski definition) is 3. The molecule has 5 heteroatoms. The third kappa shape index (κ3) is 5.26. The Balaban J connectivity index is 1.76. The van der Waals surface area contributed by atoms with Gasteiger partial charge in [-0.05, 0) is 62.3 Å². The topological polar surface area (TPSA) is 62.3 Å². The molecule has 1 saturated heterocycles. The monoisotopic (exact) mass is 407 g/mol. The summed E-state index contributed by atoms with van der Waals surface area (Å²) in [6.45, 7) is 7.32. The maximum atomic E-state index is 13.2. The summed E-state index contributed by atoms with van der Waals surface area (Å²) in [6.07, 6.45) is 7.16. The SMILES string of the molecule is CCCC(=O)N1CCC(Cc2ccc(-c3cccnc3)cc2)(C(=O)NC(C)C)CC1. The molecule has 1 N–H and O–H groups in total. The smallest absolute Gasteiger partial charge is 0.226 e. The first kappa shape index (κ1) is 22.0. The Labute approximate surface area is 179 Å². The van der Waals surface area contributed by atoms with E-state index in [1.54, 1.807) is 6.20 Å². The molecule has 1 aromatic heterocycles. The van der Waals surface area contributed by atoms with Crippen molar-refractivity contribution in [3.05, 3.63) is 54.4 Å². The fourth-order valence-electron chi connectivity index (χ4n) is 4.19. The molecule has 1 aromatic carbocycles. The zero-order chi connectivity index (χ0) is 21.6. The molecule has 2 amide bonds. The summed E-state index contributed by atoms with van der Waals surface area (Å²) in [7, 11) is 0. The summed E-state index contributed by atoms with van der Waals surface area (Å²) in [5, 5.41) is 3.13. The molecule has 2 aromatic rings. The lowest BCUT2D eigenvalue weighted by molar-refractivity contribution is -0.141. The summed E-state index contributed by atoms with van der Waals surface area (Å²) in [5.74, 6) is 0.313. The van der Waals surface area contributed by atoms with E-state index < -0.39 is 5.41 Å². The van der Waals surface area contributed by atoms with Crippen molar-refractivity contribution < 1.29 is 9.59 Å². The van der Waals surface area contributed by atoms with Gasteiger partial charge in [-0.25, -0.2) is 0 Å². The number of likely N-dealkylation sites (tertiary alicyclic amines) is 1. The van der Waals surface area contributed by atoms with E-state index in [1.807, 2.05) is 44.0 Å². The zero-order valence-corrected chi connectivity index (χ0v) is 18.4. The molecule has 0 saturated carbocycles. The quantitative estimate of drug-likeness (QED) is 0.747. The Morgan fingerprint density at radius 1 is 1.10 bits per heavy atom. The lowest BCUT2D eigenvalue weighted by Crippen LogP contribution is -2.52. The molecule has 1 aliphatic heterocycles. The van der Waals surface area contributed by atoms with Gasteiger partial charge in [0.15, 0.2) is 0 Å². The van der Waals surface area contributed by atoms with Crippen LogP contribution in [-0.4, -0.2) is 40.8 Å². The van der Waals surface area contributed by atoms with Crippen LogP contribution in [-0.2, 0) is 16.0 Å². The Bertz CT molecular complexity index is 838. The molecule has 30 heavy (non-hydrogen) atoms. The highest BCUT2D eigenvalue weighted by Gasteiger charge is 2.42. The highest BCUT2D eigenvalue weighted by molar-refractivity contribution is 5.84. The minimum atomic E-state index is -0.469. The molecule has 160 valence electrons. The van der Waals surface area contributed by atoms with E-state index in [0.717, 1.165) is 23.1 Å². The number of pyridine rings is 1. The van der Waals surface area contributed by atoms with Crippen molar-refractivity contribution in [2.45, 2.75) is 58.9 Å². The van der Waals surface area contributed by atoms with Crippen LogP contribution in [0, 0.1) is 5.41 Å². The molecule has 0 aliphatic carbocycles. The number of nitrogens with one attached hydrogen (secondary N) is 1. The molecular formula is C25H33N3O2. The lowest BCUT2D eigenvalue weighted by atomic mass is 9.72. The molecule has 0 bridgehead atoms. The predicted octanol–water partition coefficient (Wildman–Crippen LogP) is 4.22. The van der Waals surface area contributed by atoms with Crippen LogP contribution < -0.4 is 5.32 Å². The predicted molar refractivity (Wildman–Crippen MR) is 120 cm³/mol. The highest BCUT2D eigenvalue weighted by Crippen LogP contribution is 2.36. The minimum absolute atomic E-state index is 0.0992. The maximum absolute atomic E-state index is 13.2. The van der Waals surface area contributed by atoms with Crippen molar-refractivity contribution in [3.63, 3.8) is 0 Å². The molecule has 0 atom stereocenters. The van der Waals surface area contributed by atoms with Crippen LogP contribution in [0.5, 0.6) is 0 Å². The molecule has 0 radical (unpaired) electrons. The molecule has 0 unspecified atom stereocenters. The number of carbonyl (C=O) groups excluding carboxylic acids is 2. The fourth-order valence-corrected chi connectivity index (χ4v) is 4.19. The van der Waals surface area contributed by atoms with Gasteiger partial charge in [-0.2, -0.15) is 0 Å². The second-order valence-electron chi connectivity index (χ2n) is 8.65. The number of piperidine rings is 1. The van der Waals surface area contributed by atoms with Crippen molar-refractivity contribution in [2.75, 3.05) is 13.1 Å². The Hall–Kier alpha value is -2.69. The number of amides is 2. The van der Waals surface area contributed by atoms with Crippen LogP contribution in [0.15, 0.2) is 48.8 Å². The average molecular weight is 408 g/mol. The van der Waals surface area contributed by atoms with Crippen molar-refractivity contribution in [3.8, 4) is 11.1 Å². The van der Waals surface area contributed by atoms with E-state index in [4.69, 9.17) is 0 Å². The van der Waals surface area contributed by atoms with E-state index in [0.29, 0.717) is 38.8 Å². The Kier molecular flexibility index (Phi) is 7.24. The molecule has 1 aliphatic rings. The summed E-state index contributed by atoms with van der Waals surface area (Å²) < 4.78 is 0. The number of hydrogen-bond donors (Lipinski definition) is 1. The van der Waals surface area contributed by atoms with Crippen LogP contribution >= 0.6 is 0 Å². The van der Waals surface area contributed by atoms with Crippen LogP contribution in [0.2, 0.25) is 0 Å². The summed E-state index contributed by atoms with van der Waals surface area (Å²) in [5.41, 5.74) is 2.88. The lowest BCUT2D eigenvalue weighted by Gasteiger charge is -2.41. The summed E-state index contributed by atoms with van der Waals surface area (Å²) in [4.78, 5) is 31.6. The van der Waals surface area contributed by atoms with E-state index in [1.165, 1.54) is 0 Å². The van der Waals surface area contributed by atoms with E-state index in [9.17, 15) is 9.59 Å². The first-order chi connectivity index (χ1) is 14.4. The molecule has 0 spiro atoms. The second kappa shape index (κ2) is 9.88. The number of nitrogens with zero attached hydrogens (tertiary/aromatic N) is 2. The third-order valence-corrected chi connectivity index (χ3v) is 5.93. The maximum Gasteiger partial charge on any atom is 0.226 e. The molecule has 1 fully saturated rings.